The van der Waals surface area contributed by atoms with Crippen molar-refractivity contribution in [2.75, 3.05) is 0 Å². The molecule has 0 spiro atoms. The van der Waals surface area contributed by atoms with Gasteiger partial charge in [0.1, 0.15) is 0 Å². The van der Waals surface area contributed by atoms with Gasteiger partial charge in [-0.05, 0) is 38.6 Å². The fraction of sp³-hybridized carbons (Fsp3) is 0.800. The Morgan fingerprint density at radius 2 is 1.77 bits per heavy atom. The largest absolute Gasteiger partial charge is 0.284 e. The van der Waals surface area contributed by atoms with Gasteiger partial charge in [-0.2, -0.15) is 0 Å². The van der Waals surface area contributed by atoms with Crippen LogP contribution in [0.25, 0.3) is 0 Å². The van der Waals surface area contributed by atoms with Crippen LogP contribution in [0.3, 0.4) is 0 Å². The Kier molecular flexibility index (Phi) is 2.85. The van der Waals surface area contributed by atoms with Crippen LogP contribution in [0.15, 0.2) is 9.39 Å². The SMILES string of the molecule is CC(C)C1(C)C=NC(C)(C)C=NS1. The maximum absolute atomic E-state index is 4.53. The van der Waals surface area contributed by atoms with Crippen molar-refractivity contribution < 1.29 is 0 Å². The van der Waals surface area contributed by atoms with E-state index in [0.717, 1.165) is 0 Å². The highest BCUT2D eigenvalue weighted by Gasteiger charge is 2.30. The highest BCUT2D eigenvalue weighted by molar-refractivity contribution is 8.00. The second-order valence-corrected chi connectivity index (χ2v) is 5.85. The molecule has 1 unspecified atom stereocenters. The van der Waals surface area contributed by atoms with Gasteiger partial charge in [0, 0.05) is 12.4 Å². The minimum Gasteiger partial charge on any atom is -0.284 e. The molecular weight excluding hydrogens is 180 g/mol. The lowest BCUT2D eigenvalue weighted by atomic mass is 9.98. The molecule has 0 aromatic rings. The van der Waals surface area contributed by atoms with Crippen molar-refractivity contribution in [3.8, 4) is 0 Å². The standard InChI is InChI=1S/C10H18N2S/c1-8(2)10(5)7-11-9(3,4)6-12-13-10/h6-8H,1-5H3. The third-order valence-corrected chi connectivity index (χ3v) is 3.60. The van der Waals surface area contributed by atoms with E-state index in [1.807, 2.05) is 6.21 Å². The first kappa shape index (κ1) is 10.8. The summed E-state index contributed by atoms with van der Waals surface area (Å²) in [5, 5.41) is 0. The Morgan fingerprint density at radius 3 is 2.31 bits per heavy atom. The monoisotopic (exact) mass is 198 g/mol. The lowest BCUT2D eigenvalue weighted by Crippen LogP contribution is -2.29. The first-order chi connectivity index (χ1) is 5.86. The van der Waals surface area contributed by atoms with E-state index < -0.39 is 0 Å². The zero-order valence-electron chi connectivity index (χ0n) is 9.03. The number of nitrogens with zero attached hydrogens (tertiary/aromatic N) is 2. The quantitative estimate of drug-likeness (QED) is 0.594. The van der Waals surface area contributed by atoms with Gasteiger partial charge in [0.05, 0.1) is 10.3 Å². The van der Waals surface area contributed by atoms with Gasteiger partial charge in [-0.1, -0.05) is 13.8 Å². The van der Waals surface area contributed by atoms with Gasteiger partial charge in [0.2, 0.25) is 0 Å². The summed E-state index contributed by atoms with van der Waals surface area (Å²) in [7, 11) is 0. The van der Waals surface area contributed by atoms with E-state index >= 15 is 0 Å². The molecule has 1 atom stereocenters. The first-order valence-corrected chi connectivity index (χ1v) is 5.42. The average Bonchev–Trinajstić information content (AvgIpc) is 2.12. The topological polar surface area (TPSA) is 24.7 Å². The Bertz CT molecular complexity index is 243. The van der Waals surface area contributed by atoms with Crippen LogP contribution in [0, 0.1) is 5.92 Å². The second kappa shape index (κ2) is 3.45. The van der Waals surface area contributed by atoms with Crippen molar-refractivity contribution in [1.29, 1.82) is 0 Å². The molecule has 1 rings (SSSR count). The predicted octanol–water partition coefficient (Wildman–Crippen LogP) is 2.98. The lowest BCUT2D eigenvalue weighted by Gasteiger charge is -2.25. The molecule has 0 fully saturated rings. The molecule has 0 N–H and O–H groups in total. The summed E-state index contributed by atoms with van der Waals surface area (Å²) in [6.07, 6.45) is 3.97. The van der Waals surface area contributed by atoms with Crippen molar-refractivity contribution in [3.05, 3.63) is 0 Å². The van der Waals surface area contributed by atoms with Gasteiger partial charge in [-0.15, -0.1) is 0 Å². The van der Waals surface area contributed by atoms with Gasteiger partial charge in [-0.3, -0.25) is 4.99 Å². The molecule has 74 valence electrons. The number of rotatable bonds is 1. The highest BCUT2D eigenvalue weighted by atomic mass is 32.2. The molecule has 1 heterocycles. The molecule has 0 aliphatic carbocycles. The molecule has 0 radical (unpaired) electrons. The summed E-state index contributed by atoms with van der Waals surface area (Å²) in [5.74, 6) is 0.548. The van der Waals surface area contributed by atoms with Crippen molar-refractivity contribution >= 4 is 24.4 Å². The smallest absolute Gasteiger partial charge is 0.0904 e. The van der Waals surface area contributed by atoms with Crippen LogP contribution in [-0.4, -0.2) is 22.7 Å². The zero-order chi connectivity index (χ0) is 10.1. The normalized spacial score (nSPS) is 32.2. The molecule has 0 aromatic carbocycles. The fourth-order valence-corrected chi connectivity index (χ4v) is 1.72. The van der Waals surface area contributed by atoms with E-state index in [1.54, 1.807) is 11.9 Å². The molecular formula is C10H18N2S. The molecule has 1 aliphatic heterocycles. The maximum atomic E-state index is 4.53. The van der Waals surface area contributed by atoms with Crippen LogP contribution in [0.2, 0.25) is 0 Å². The van der Waals surface area contributed by atoms with Crippen molar-refractivity contribution in [2.24, 2.45) is 15.3 Å². The minimum absolute atomic E-state index is 0.0459. The second-order valence-electron chi connectivity index (χ2n) is 4.58. The molecule has 0 saturated carbocycles. The van der Waals surface area contributed by atoms with Crippen LogP contribution in [0.1, 0.15) is 34.6 Å². The Morgan fingerprint density at radius 1 is 1.15 bits per heavy atom. The Labute approximate surface area is 85.1 Å². The lowest BCUT2D eigenvalue weighted by molar-refractivity contribution is 0.577. The van der Waals surface area contributed by atoms with Crippen LogP contribution in [-0.2, 0) is 0 Å². The molecule has 1 aliphatic rings. The fourth-order valence-electron chi connectivity index (χ4n) is 0.875. The summed E-state index contributed by atoms with van der Waals surface area (Å²) in [6, 6.07) is 0. The predicted molar refractivity (Wildman–Crippen MR) is 61.9 cm³/mol. The molecule has 0 bridgehead atoms. The molecule has 0 aromatic heterocycles. The van der Waals surface area contributed by atoms with Gasteiger partial charge >= 0.3 is 0 Å². The van der Waals surface area contributed by atoms with Gasteiger partial charge in [0.15, 0.2) is 0 Å². The van der Waals surface area contributed by atoms with E-state index in [1.165, 1.54) is 0 Å². The van der Waals surface area contributed by atoms with Crippen LogP contribution in [0.5, 0.6) is 0 Å². The molecule has 0 saturated heterocycles. The minimum atomic E-state index is -0.139. The average molecular weight is 198 g/mol. The summed E-state index contributed by atoms with van der Waals surface area (Å²) in [6.45, 7) is 10.7. The van der Waals surface area contributed by atoms with Crippen molar-refractivity contribution in [3.63, 3.8) is 0 Å². The summed E-state index contributed by atoms with van der Waals surface area (Å²) in [4.78, 5) is 4.53. The van der Waals surface area contributed by atoms with Crippen molar-refractivity contribution in [2.45, 2.75) is 44.9 Å². The maximum Gasteiger partial charge on any atom is 0.0904 e. The summed E-state index contributed by atoms with van der Waals surface area (Å²) < 4.78 is 4.41. The van der Waals surface area contributed by atoms with E-state index in [9.17, 15) is 0 Å². The number of hydrogen-bond acceptors (Lipinski definition) is 3. The van der Waals surface area contributed by atoms with E-state index in [0.29, 0.717) is 5.92 Å². The van der Waals surface area contributed by atoms with Gasteiger partial charge in [-0.25, -0.2) is 4.40 Å². The third-order valence-electron chi connectivity index (χ3n) is 2.42. The van der Waals surface area contributed by atoms with Crippen molar-refractivity contribution in [1.82, 2.24) is 0 Å². The molecule has 13 heavy (non-hydrogen) atoms. The Balaban J connectivity index is 2.92. The van der Waals surface area contributed by atoms with E-state index in [4.69, 9.17) is 0 Å². The van der Waals surface area contributed by atoms with Gasteiger partial charge in [0.25, 0.3) is 0 Å². The summed E-state index contributed by atoms with van der Waals surface area (Å²) >= 11 is 1.62. The van der Waals surface area contributed by atoms with E-state index in [2.05, 4.69) is 50.2 Å². The van der Waals surface area contributed by atoms with Crippen LogP contribution in [0.4, 0.5) is 0 Å². The number of aliphatic imine (C=N–C) groups is 1. The van der Waals surface area contributed by atoms with Gasteiger partial charge < -0.3 is 0 Å². The molecule has 3 heteroatoms. The summed E-state index contributed by atoms with van der Waals surface area (Å²) in [5.41, 5.74) is -0.139. The van der Waals surface area contributed by atoms with Crippen LogP contribution >= 0.6 is 11.9 Å². The number of hydrogen-bond donors (Lipinski definition) is 0. The third kappa shape index (κ3) is 2.56. The molecule has 2 nitrogen and oxygen atoms in total. The highest BCUT2D eigenvalue weighted by Crippen LogP contribution is 2.34. The van der Waals surface area contributed by atoms with Crippen LogP contribution < -0.4 is 0 Å². The Hall–Kier alpha value is -0.310. The molecule has 0 amide bonds. The first-order valence-electron chi connectivity index (χ1n) is 4.65. The van der Waals surface area contributed by atoms with E-state index in [-0.39, 0.29) is 10.3 Å². The zero-order valence-corrected chi connectivity index (χ0v) is 9.85.